The molecule has 0 bridgehead atoms. The second-order valence-electron chi connectivity index (χ2n) is 8.16. The van der Waals surface area contributed by atoms with Crippen molar-refractivity contribution < 1.29 is 0 Å². The molecule has 2 aliphatic rings. The molecule has 138 valence electrons. The molecule has 0 N–H and O–H groups in total. The molecule has 0 saturated heterocycles. The summed E-state index contributed by atoms with van der Waals surface area (Å²) in [6.45, 7) is 4.55. The summed E-state index contributed by atoms with van der Waals surface area (Å²) < 4.78 is 0. The summed E-state index contributed by atoms with van der Waals surface area (Å²) in [5.74, 6) is 0. The van der Waals surface area contributed by atoms with Crippen LogP contribution in [-0.2, 0) is 12.8 Å². The van der Waals surface area contributed by atoms with E-state index in [0.717, 1.165) is 19.0 Å². The molecule has 0 saturated carbocycles. The Balaban J connectivity index is 1.46. The number of benzene rings is 3. The lowest BCUT2D eigenvalue weighted by molar-refractivity contribution is 0.795. The predicted octanol–water partition coefficient (Wildman–Crippen LogP) is 3.64. The third-order valence-corrected chi connectivity index (χ3v) is 8.81. The molecule has 2 aliphatic heterocycles. The van der Waals surface area contributed by atoms with Gasteiger partial charge in [0.2, 0.25) is 0 Å². The maximum atomic E-state index is 2.51. The van der Waals surface area contributed by atoms with E-state index in [4.69, 9.17) is 0 Å². The van der Waals surface area contributed by atoms with Gasteiger partial charge in [0.25, 0.3) is 0 Å². The monoisotopic (exact) mass is 394 g/mol. The van der Waals surface area contributed by atoms with E-state index in [2.05, 4.69) is 62.4 Å². The minimum absolute atomic E-state index is 0.814. The van der Waals surface area contributed by atoms with Crippen molar-refractivity contribution in [2.45, 2.75) is 52.4 Å². The third-order valence-electron chi connectivity index (χ3n) is 6.08. The first-order valence-corrected chi connectivity index (χ1v) is 12.8. The van der Waals surface area contributed by atoms with Gasteiger partial charge in [-0.2, -0.15) is 0 Å². The van der Waals surface area contributed by atoms with E-state index in [1.165, 1.54) is 71.9 Å². The molecular formula is C26H26Si2. The number of hydrogen-bond acceptors (Lipinski definition) is 0. The molecule has 0 fully saturated rings. The summed E-state index contributed by atoms with van der Waals surface area (Å²) in [4.78, 5) is 0. The van der Waals surface area contributed by atoms with Crippen molar-refractivity contribution in [3.05, 3.63) is 59.7 Å². The normalized spacial score (nSPS) is 13.2. The van der Waals surface area contributed by atoms with Gasteiger partial charge < -0.3 is 0 Å². The van der Waals surface area contributed by atoms with Crippen LogP contribution in [0.25, 0.3) is 22.3 Å². The topological polar surface area (TPSA) is 0 Å². The average molecular weight is 395 g/mol. The number of hydrogen-bond donors (Lipinski definition) is 0. The molecule has 5 rings (SSSR count). The molecule has 3 aromatic rings. The zero-order chi connectivity index (χ0) is 19.1. The highest BCUT2D eigenvalue weighted by atomic mass is 28.2. The molecule has 0 unspecified atom stereocenters. The Morgan fingerprint density at radius 3 is 1.39 bits per heavy atom. The van der Waals surface area contributed by atoms with Crippen molar-refractivity contribution in [3.8, 4) is 22.3 Å². The fourth-order valence-electron chi connectivity index (χ4n) is 4.47. The van der Waals surface area contributed by atoms with Crippen molar-refractivity contribution in [2.75, 3.05) is 0 Å². The van der Waals surface area contributed by atoms with Crippen LogP contribution >= 0.6 is 0 Å². The Morgan fingerprint density at radius 2 is 0.964 bits per heavy atom. The summed E-state index contributed by atoms with van der Waals surface area (Å²) in [5, 5.41) is 6.22. The van der Waals surface area contributed by atoms with Crippen LogP contribution in [0.5, 0.6) is 0 Å². The maximum absolute atomic E-state index is 2.51. The second kappa shape index (κ2) is 7.49. The number of rotatable bonds is 6. The smallest absolute Gasteiger partial charge is 0.0654 e. The van der Waals surface area contributed by atoms with Gasteiger partial charge in [0.1, 0.15) is 19.0 Å². The molecule has 0 aliphatic carbocycles. The molecule has 0 amide bonds. The summed E-state index contributed by atoms with van der Waals surface area (Å²) in [5.41, 5.74) is 9.00. The van der Waals surface area contributed by atoms with Crippen LogP contribution in [0.4, 0.5) is 0 Å². The van der Waals surface area contributed by atoms with E-state index in [1.807, 2.05) is 0 Å². The SMILES string of the molecule is CCCCc1ccc2c(c1)[Si]c1cc3c(cc1-2)[Si]c1cc(CCCC)ccc1-3. The van der Waals surface area contributed by atoms with Crippen molar-refractivity contribution >= 4 is 39.8 Å². The van der Waals surface area contributed by atoms with Crippen LogP contribution < -0.4 is 20.7 Å². The zero-order valence-electron chi connectivity index (χ0n) is 16.9. The highest BCUT2D eigenvalue weighted by molar-refractivity contribution is 6.76. The van der Waals surface area contributed by atoms with Crippen molar-refractivity contribution in [1.82, 2.24) is 0 Å². The van der Waals surface area contributed by atoms with Gasteiger partial charge in [-0.3, -0.25) is 0 Å². The number of aryl methyl sites for hydroxylation is 2. The van der Waals surface area contributed by atoms with Gasteiger partial charge in [-0.15, -0.1) is 0 Å². The van der Waals surface area contributed by atoms with E-state index < -0.39 is 0 Å². The van der Waals surface area contributed by atoms with Gasteiger partial charge in [0, 0.05) is 0 Å². The lowest BCUT2D eigenvalue weighted by Crippen LogP contribution is -2.24. The molecular weight excluding hydrogens is 368 g/mol. The van der Waals surface area contributed by atoms with Gasteiger partial charge >= 0.3 is 0 Å². The lowest BCUT2D eigenvalue weighted by atomic mass is 9.98. The van der Waals surface area contributed by atoms with Crippen LogP contribution in [-0.4, -0.2) is 19.0 Å². The molecule has 0 spiro atoms. The Morgan fingerprint density at radius 1 is 0.536 bits per heavy atom. The Hall–Kier alpha value is -1.91. The third kappa shape index (κ3) is 3.13. The van der Waals surface area contributed by atoms with E-state index in [1.54, 1.807) is 20.7 Å². The van der Waals surface area contributed by atoms with Gasteiger partial charge in [0.15, 0.2) is 0 Å². The quantitative estimate of drug-likeness (QED) is 0.386. The number of fused-ring (bicyclic) bond motifs is 6. The standard InChI is InChI=1S/C26H26Si2/c1-3-5-7-17-9-11-19-21-15-26-22(16-25(21)27-23(19)13-17)20-12-10-18(8-6-4-2)14-24(20)28-26/h9-16H,3-8H2,1-2H3. The van der Waals surface area contributed by atoms with Gasteiger partial charge in [0.05, 0.1) is 0 Å². The van der Waals surface area contributed by atoms with Crippen molar-refractivity contribution in [3.63, 3.8) is 0 Å². The van der Waals surface area contributed by atoms with Crippen molar-refractivity contribution in [2.24, 2.45) is 0 Å². The van der Waals surface area contributed by atoms with E-state index in [9.17, 15) is 0 Å². The summed E-state index contributed by atoms with van der Waals surface area (Å²) >= 11 is 0. The first kappa shape index (κ1) is 18.1. The lowest BCUT2D eigenvalue weighted by Gasteiger charge is -2.08. The minimum atomic E-state index is 0.814. The molecule has 3 aromatic carbocycles. The van der Waals surface area contributed by atoms with Crippen LogP contribution in [0.1, 0.15) is 50.7 Å². The fourth-order valence-corrected chi connectivity index (χ4v) is 7.39. The highest BCUT2D eigenvalue weighted by Crippen LogP contribution is 2.27. The molecule has 0 nitrogen and oxygen atoms in total. The van der Waals surface area contributed by atoms with Crippen LogP contribution in [0, 0.1) is 0 Å². The van der Waals surface area contributed by atoms with Gasteiger partial charge in [-0.1, -0.05) is 96.0 Å². The fraction of sp³-hybridized carbons (Fsp3) is 0.308. The zero-order valence-corrected chi connectivity index (χ0v) is 18.9. The molecule has 2 heterocycles. The first-order chi connectivity index (χ1) is 13.8. The Labute approximate surface area is 174 Å². The summed E-state index contributed by atoms with van der Waals surface area (Å²) in [6.07, 6.45) is 7.56. The highest BCUT2D eigenvalue weighted by Gasteiger charge is 2.26. The molecule has 2 heteroatoms. The van der Waals surface area contributed by atoms with Crippen LogP contribution in [0.3, 0.4) is 0 Å². The minimum Gasteiger partial charge on any atom is -0.0654 e. The van der Waals surface area contributed by atoms with E-state index >= 15 is 0 Å². The Kier molecular flexibility index (Phi) is 4.85. The second-order valence-corrected chi connectivity index (χ2v) is 10.8. The molecule has 28 heavy (non-hydrogen) atoms. The average Bonchev–Trinajstić information content (AvgIpc) is 3.25. The molecule has 0 atom stereocenters. The van der Waals surface area contributed by atoms with Crippen LogP contribution in [0.15, 0.2) is 48.5 Å². The largest absolute Gasteiger partial charge is 0.123 e. The van der Waals surface area contributed by atoms with E-state index in [0.29, 0.717) is 0 Å². The Bertz CT molecular complexity index is 963. The number of unbranched alkanes of at least 4 members (excludes halogenated alkanes) is 2. The molecule has 0 aromatic heterocycles. The van der Waals surface area contributed by atoms with Crippen molar-refractivity contribution in [1.29, 1.82) is 0 Å². The van der Waals surface area contributed by atoms with Gasteiger partial charge in [-0.25, -0.2) is 0 Å². The summed E-state index contributed by atoms with van der Waals surface area (Å²) in [6, 6.07) is 19.5. The first-order valence-electron chi connectivity index (χ1n) is 10.8. The summed E-state index contributed by atoms with van der Waals surface area (Å²) in [7, 11) is 1.63. The van der Waals surface area contributed by atoms with E-state index in [-0.39, 0.29) is 0 Å². The molecule has 4 radical (unpaired) electrons. The van der Waals surface area contributed by atoms with Gasteiger partial charge in [-0.05, 0) is 59.1 Å². The maximum Gasteiger partial charge on any atom is 0.123 e. The predicted molar refractivity (Wildman–Crippen MR) is 125 cm³/mol. The van der Waals surface area contributed by atoms with Crippen LogP contribution in [0.2, 0.25) is 0 Å².